The zero-order valence-corrected chi connectivity index (χ0v) is 10.7. The van der Waals surface area contributed by atoms with Gasteiger partial charge in [-0.3, -0.25) is 4.98 Å². The van der Waals surface area contributed by atoms with E-state index in [2.05, 4.69) is 59.6 Å². The first-order valence-electron chi connectivity index (χ1n) is 4.62. The van der Waals surface area contributed by atoms with Crippen LogP contribution in [0.1, 0.15) is 16.8 Å². The van der Waals surface area contributed by atoms with Crippen molar-refractivity contribution >= 4 is 33.5 Å². The molecule has 0 N–H and O–H groups in total. The lowest BCUT2D eigenvalue weighted by molar-refractivity contribution is 1.23. The zero-order chi connectivity index (χ0) is 10.3. The summed E-state index contributed by atoms with van der Waals surface area (Å²) in [4.78, 5) is 4.57. The molecule has 1 nitrogen and oxygen atoms in total. The van der Waals surface area contributed by atoms with Crippen LogP contribution in [-0.2, 0) is 0 Å². The molecule has 72 valence electrons. The molecule has 0 bridgehead atoms. The molecular weight excluding hydrogens is 285 g/mol. The normalized spacial score (nSPS) is 10.9. The number of hydrogen-bond acceptors (Lipinski definition) is 1. The third-order valence-corrected chi connectivity index (χ3v) is 3.89. The molecule has 1 aromatic carbocycles. The van der Waals surface area contributed by atoms with Gasteiger partial charge in [-0.25, -0.2) is 0 Å². The van der Waals surface area contributed by atoms with Gasteiger partial charge in [0.15, 0.2) is 0 Å². The number of halogens is 1. The minimum absolute atomic E-state index is 1.08. The average Bonchev–Trinajstić information content (AvgIpc) is 2.16. The summed E-state index contributed by atoms with van der Waals surface area (Å²) in [7, 11) is 0. The van der Waals surface area contributed by atoms with Crippen molar-refractivity contribution in [1.29, 1.82) is 0 Å². The second kappa shape index (κ2) is 3.50. The molecule has 1 aromatic heterocycles. The largest absolute Gasteiger partial charge is 0.252 e. The Balaban J connectivity index is 2.92. The van der Waals surface area contributed by atoms with Crippen LogP contribution in [0.25, 0.3) is 10.9 Å². The van der Waals surface area contributed by atoms with E-state index in [1.54, 1.807) is 0 Å². The van der Waals surface area contributed by atoms with Crippen LogP contribution in [0.15, 0.2) is 18.2 Å². The van der Waals surface area contributed by atoms with Crippen molar-refractivity contribution < 1.29 is 0 Å². The summed E-state index contributed by atoms with van der Waals surface area (Å²) in [6, 6.07) is 6.42. The molecule has 0 atom stereocenters. The van der Waals surface area contributed by atoms with Gasteiger partial charge < -0.3 is 0 Å². The van der Waals surface area contributed by atoms with Crippen molar-refractivity contribution in [3.63, 3.8) is 0 Å². The molecule has 14 heavy (non-hydrogen) atoms. The summed E-state index contributed by atoms with van der Waals surface area (Å²) in [5.74, 6) is 0. The summed E-state index contributed by atoms with van der Waals surface area (Å²) in [6.45, 7) is 6.34. The molecule has 0 radical (unpaired) electrons. The molecule has 0 fully saturated rings. The fourth-order valence-electron chi connectivity index (χ4n) is 1.55. The fourth-order valence-corrected chi connectivity index (χ4v) is 2.41. The molecular formula is C12H12IN. The van der Waals surface area contributed by atoms with Crippen LogP contribution < -0.4 is 0 Å². The van der Waals surface area contributed by atoms with Crippen LogP contribution in [0.2, 0.25) is 0 Å². The van der Waals surface area contributed by atoms with Crippen LogP contribution in [0.3, 0.4) is 0 Å². The third-order valence-electron chi connectivity index (χ3n) is 2.57. The highest BCUT2D eigenvalue weighted by molar-refractivity contribution is 14.1. The quantitative estimate of drug-likeness (QED) is 0.675. The van der Waals surface area contributed by atoms with E-state index in [0.717, 1.165) is 11.2 Å². The first kappa shape index (κ1) is 9.90. The number of nitrogens with zero attached hydrogens (tertiary/aromatic N) is 1. The molecule has 0 spiro atoms. The maximum Gasteiger partial charge on any atom is 0.0841 e. The Morgan fingerprint density at radius 3 is 2.57 bits per heavy atom. The van der Waals surface area contributed by atoms with Gasteiger partial charge in [0.05, 0.1) is 5.52 Å². The molecule has 0 amide bonds. The average molecular weight is 297 g/mol. The maximum absolute atomic E-state index is 4.57. The van der Waals surface area contributed by atoms with Gasteiger partial charge in [0.2, 0.25) is 0 Å². The van der Waals surface area contributed by atoms with Gasteiger partial charge in [-0.05, 0) is 66.6 Å². The van der Waals surface area contributed by atoms with Gasteiger partial charge in [0.1, 0.15) is 0 Å². The Morgan fingerprint density at radius 2 is 1.86 bits per heavy atom. The predicted molar refractivity (Wildman–Crippen MR) is 68.7 cm³/mol. The lowest BCUT2D eigenvalue weighted by atomic mass is 10.1. The first-order valence-corrected chi connectivity index (χ1v) is 5.70. The number of benzene rings is 1. The molecule has 0 saturated heterocycles. The number of rotatable bonds is 0. The Kier molecular flexibility index (Phi) is 2.47. The second-order valence-electron chi connectivity index (χ2n) is 3.66. The third kappa shape index (κ3) is 1.52. The molecule has 0 aliphatic heterocycles. The lowest BCUT2D eigenvalue weighted by Crippen LogP contribution is -1.92. The van der Waals surface area contributed by atoms with Gasteiger partial charge in [-0.2, -0.15) is 0 Å². The molecule has 0 aliphatic carbocycles. The standard InChI is InChI=1S/C12H12IN/c1-7-6-10-5-4-8(2)14-12(10)11(13)9(7)3/h4-6H,1-3H3. The molecule has 0 unspecified atom stereocenters. The smallest absolute Gasteiger partial charge is 0.0841 e. The molecule has 1 heterocycles. The minimum atomic E-state index is 1.08. The monoisotopic (exact) mass is 297 g/mol. The Bertz CT molecular complexity index is 503. The summed E-state index contributed by atoms with van der Waals surface area (Å²) in [5.41, 5.74) is 4.90. The van der Waals surface area contributed by atoms with Crippen molar-refractivity contribution in [2.45, 2.75) is 20.8 Å². The summed E-state index contributed by atoms with van der Waals surface area (Å²) >= 11 is 2.38. The van der Waals surface area contributed by atoms with Crippen molar-refractivity contribution in [1.82, 2.24) is 4.98 Å². The van der Waals surface area contributed by atoms with E-state index in [-0.39, 0.29) is 0 Å². The lowest BCUT2D eigenvalue weighted by Gasteiger charge is -2.07. The molecule has 0 aliphatic rings. The highest BCUT2D eigenvalue weighted by Gasteiger charge is 2.06. The highest BCUT2D eigenvalue weighted by atomic mass is 127. The topological polar surface area (TPSA) is 12.9 Å². The van der Waals surface area contributed by atoms with E-state index in [9.17, 15) is 0 Å². The summed E-state index contributed by atoms with van der Waals surface area (Å²) < 4.78 is 1.28. The molecule has 0 saturated carbocycles. The Labute approximate surface area is 97.7 Å². The van der Waals surface area contributed by atoms with Crippen molar-refractivity contribution in [2.24, 2.45) is 0 Å². The van der Waals surface area contributed by atoms with Gasteiger partial charge >= 0.3 is 0 Å². The van der Waals surface area contributed by atoms with E-state index < -0.39 is 0 Å². The van der Waals surface area contributed by atoms with E-state index in [0.29, 0.717) is 0 Å². The Morgan fingerprint density at radius 1 is 1.14 bits per heavy atom. The van der Waals surface area contributed by atoms with Crippen molar-refractivity contribution in [3.05, 3.63) is 38.6 Å². The van der Waals surface area contributed by atoms with Gasteiger partial charge in [0, 0.05) is 14.7 Å². The minimum Gasteiger partial charge on any atom is -0.252 e. The number of aryl methyl sites for hydroxylation is 2. The van der Waals surface area contributed by atoms with Gasteiger partial charge in [0.25, 0.3) is 0 Å². The van der Waals surface area contributed by atoms with Crippen LogP contribution in [-0.4, -0.2) is 4.98 Å². The summed E-state index contributed by atoms with van der Waals surface area (Å²) in [5, 5.41) is 1.24. The molecule has 2 heteroatoms. The van der Waals surface area contributed by atoms with E-state index in [4.69, 9.17) is 0 Å². The fraction of sp³-hybridized carbons (Fsp3) is 0.250. The van der Waals surface area contributed by atoms with E-state index in [1.165, 1.54) is 20.1 Å². The SMILES string of the molecule is Cc1ccc2cc(C)c(C)c(I)c2n1. The van der Waals surface area contributed by atoms with Crippen LogP contribution >= 0.6 is 22.6 Å². The number of pyridine rings is 1. The first-order chi connectivity index (χ1) is 6.59. The second-order valence-corrected chi connectivity index (χ2v) is 4.74. The van der Waals surface area contributed by atoms with Crippen LogP contribution in [0.5, 0.6) is 0 Å². The summed E-state index contributed by atoms with van der Waals surface area (Å²) in [6.07, 6.45) is 0. The van der Waals surface area contributed by atoms with E-state index >= 15 is 0 Å². The maximum atomic E-state index is 4.57. The van der Waals surface area contributed by atoms with Crippen LogP contribution in [0, 0.1) is 24.3 Å². The number of hydrogen-bond donors (Lipinski definition) is 0. The zero-order valence-electron chi connectivity index (χ0n) is 8.56. The van der Waals surface area contributed by atoms with Crippen LogP contribution in [0.4, 0.5) is 0 Å². The van der Waals surface area contributed by atoms with E-state index in [1.807, 2.05) is 6.92 Å². The predicted octanol–water partition coefficient (Wildman–Crippen LogP) is 3.76. The van der Waals surface area contributed by atoms with Gasteiger partial charge in [-0.1, -0.05) is 6.07 Å². The Hall–Kier alpha value is -0.640. The van der Waals surface area contributed by atoms with Crippen molar-refractivity contribution in [2.75, 3.05) is 0 Å². The number of fused-ring (bicyclic) bond motifs is 1. The molecule has 2 rings (SSSR count). The van der Waals surface area contributed by atoms with Gasteiger partial charge in [-0.15, -0.1) is 0 Å². The molecule has 2 aromatic rings. The number of aromatic nitrogens is 1. The van der Waals surface area contributed by atoms with Crippen molar-refractivity contribution in [3.8, 4) is 0 Å². The highest BCUT2D eigenvalue weighted by Crippen LogP contribution is 2.25.